The number of para-hydroxylation sites is 2. The molecule has 2 heterocycles. The average molecular weight is 244 g/mol. The Kier molecular flexibility index (Phi) is 2.53. The zero-order valence-corrected chi connectivity index (χ0v) is 9.80. The van der Waals surface area contributed by atoms with Crippen molar-refractivity contribution in [2.24, 2.45) is 0 Å². The lowest BCUT2D eigenvalue weighted by atomic mass is 10.2. The van der Waals surface area contributed by atoms with Crippen LogP contribution in [-0.2, 0) is 5.88 Å². The minimum Gasteiger partial charge on any atom is -0.297 e. The molecule has 2 aromatic heterocycles. The van der Waals surface area contributed by atoms with Gasteiger partial charge in [-0.1, -0.05) is 12.1 Å². The highest BCUT2D eigenvalue weighted by molar-refractivity contribution is 6.17. The van der Waals surface area contributed by atoms with Crippen molar-refractivity contribution in [3.63, 3.8) is 0 Å². The Morgan fingerprint density at radius 1 is 1.18 bits per heavy atom. The summed E-state index contributed by atoms with van der Waals surface area (Å²) < 4.78 is 2.01. The van der Waals surface area contributed by atoms with E-state index in [2.05, 4.69) is 9.97 Å². The maximum absolute atomic E-state index is 5.94. The average Bonchev–Trinajstić information content (AvgIpc) is 2.82. The van der Waals surface area contributed by atoms with Crippen LogP contribution in [0.4, 0.5) is 0 Å². The summed E-state index contributed by atoms with van der Waals surface area (Å²) in [6.45, 7) is 0. The molecule has 0 fully saturated rings. The molecule has 0 aliphatic carbocycles. The molecule has 1 aromatic carbocycles. The molecule has 0 spiro atoms. The van der Waals surface area contributed by atoms with Gasteiger partial charge in [-0.15, -0.1) is 11.6 Å². The molecular weight excluding hydrogens is 234 g/mol. The third-order valence-corrected chi connectivity index (χ3v) is 3.03. The normalized spacial score (nSPS) is 10.9. The van der Waals surface area contributed by atoms with E-state index in [4.69, 9.17) is 11.6 Å². The van der Waals surface area contributed by atoms with E-state index in [1.54, 1.807) is 12.5 Å². The van der Waals surface area contributed by atoms with Crippen molar-refractivity contribution >= 4 is 22.6 Å². The van der Waals surface area contributed by atoms with Crippen LogP contribution >= 0.6 is 11.6 Å². The quantitative estimate of drug-likeness (QED) is 0.648. The van der Waals surface area contributed by atoms with Crippen LogP contribution in [0.1, 0.15) is 5.56 Å². The monoisotopic (exact) mass is 243 g/mol. The van der Waals surface area contributed by atoms with E-state index in [0.29, 0.717) is 5.88 Å². The number of hydrogen-bond donors (Lipinski definition) is 0. The zero-order chi connectivity index (χ0) is 11.7. The molecule has 0 N–H and O–H groups in total. The minimum atomic E-state index is 0.463. The molecule has 0 aliphatic heterocycles. The van der Waals surface area contributed by atoms with Gasteiger partial charge in [0, 0.05) is 12.1 Å². The van der Waals surface area contributed by atoms with E-state index >= 15 is 0 Å². The molecule has 0 aliphatic rings. The third-order valence-electron chi connectivity index (χ3n) is 2.74. The second-order valence-corrected chi connectivity index (χ2v) is 4.01. The maximum atomic E-state index is 5.94. The van der Waals surface area contributed by atoms with E-state index in [1.807, 2.05) is 41.1 Å². The highest BCUT2D eigenvalue weighted by atomic mass is 35.5. The van der Waals surface area contributed by atoms with Crippen molar-refractivity contribution in [1.82, 2.24) is 14.5 Å². The van der Waals surface area contributed by atoms with Crippen molar-refractivity contribution in [1.29, 1.82) is 0 Å². The minimum absolute atomic E-state index is 0.463. The fourth-order valence-corrected chi connectivity index (χ4v) is 2.12. The molecule has 0 saturated heterocycles. The van der Waals surface area contributed by atoms with Crippen LogP contribution < -0.4 is 0 Å². The number of fused-ring (bicyclic) bond motifs is 1. The van der Waals surface area contributed by atoms with Crippen LogP contribution in [0.15, 0.2) is 49.1 Å². The number of rotatable bonds is 2. The number of halogens is 1. The van der Waals surface area contributed by atoms with Gasteiger partial charge in [-0.05, 0) is 23.8 Å². The SMILES string of the molecule is ClCc1ccncc1-n1cnc2ccccc21. The van der Waals surface area contributed by atoms with E-state index in [9.17, 15) is 0 Å². The van der Waals surface area contributed by atoms with E-state index in [-0.39, 0.29) is 0 Å². The van der Waals surface area contributed by atoms with Crippen LogP contribution in [-0.4, -0.2) is 14.5 Å². The first-order valence-electron chi connectivity index (χ1n) is 5.31. The largest absolute Gasteiger partial charge is 0.297 e. The van der Waals surface area contributed by atoms with Crippen molar-refractivity contribution in [3.05, 3.63) is 54.6 Å². The first-order valence-corrected chi connectivity index (χ1v) is 5.85. The van der Waals surface area contributed by atoms with Crippen molar-refractivity contribution in [2.45, 2.75) is 5.88 Å². The molecule has 0 bridgehead atoms. The van der Waals surface area contributed by atoms with Crippen molar-refractivity contribution in [2.75, 3.05) is 0 Å². The first-order chi connectivity index (χ1) is 8.40. The molecular formula is C13H10ClN3. The summed E-state index contributed by atoms with van der Waals surface area (Å²) in [6, 6.07) is 9.93. The molecule has 0 amide bonds. The Balaban J connectivity index is 2.27. The number of nitrogens with zero attached hydrogens (tertiary/aromatic N) is 3. The predicted octanol–water partition coefficient (Wildman–Crippen LogP) is 3.16. The van der Waals surface area contributed by atoms with Gasteiger partial charge in [0.15, 0.2) is 0 Å². The molecule has 17 heavy (non-hydrogen) atoms. The number of imidazole rings is 1. The first kappa shape index (κ1) is 10.3. The molecule has 3 aromatic rings. The molecule has 3 rings (SSSR count). The lowest BCUT2D eigenvalue weighted by Gasteiger charge is -2.07. The van der Waals surface area contributed by atoms with Gasteiger partial charge in [0.25, 0.3) is 0 Å². The summed E-state index contributed by atoms with van der Waals surface area (Å²) in [7, 11) is 0. The van der Waals surface area contributed by atoms with Crippen molar-refractivity contribution < 1.29 is 0 Å². The number of pyridine rings is 1. The fraction of sp³-hybridized carbons (Fsp3) is 0.0769. The summed E-state index contributed by atoms with van der Waals surface area (Å²) in [5, 5.41) is 0. The van der Waals surface area contributed by atoms with Gasteiger partial charge in [-0.3, -0.25) is 9.55 Å². The number of alkyl halides is 1. The molecule has 0 saturated carbocycles. The second kappa shape index (κ2) is 4.18. The van der Waals surface area contributed by atoms with Crippen LogP contribution in [0.25, 0.3) is 16.7 Å². The Hall–Kier alpha value is -1.87. The van der Waals surface area contributed by atoms with Crippen LogP contribution in [0.5, 0.6) is 0 Å². The summed E-state index contributed by atoms with van der Waals surface area (Å²) in [6.07, 6.45) is 5.36. The molecule has 0 radical (unpaired) electrons. The van der Waals surface area contributed by atoms with Crippen molar-refractivity contribution in [3.8, 4) is 5.69 Å². The molecule has 3 nitrogen and oxygen atoms in total. The number of hydrogen-bond acceptors (Lipinski definition) is 2. The Bertz CT molecular complexity index is 660. The van der Waals surface area contributed by atoms with Gasteiger partial charge in [-0.25, -0.2) is 4.98 Å². The predicted molar refractivity (Wildman–Crippen MR) is 68.4 cm³/mol. The standard InChI is InChI=1S/C13H10ClN3/c14-7-10-5-6-15-8-13(10)17-9-16-11-3-1-2-4-12(11)17/h1-6,8-9H,7H2. The zero-order valence-electron chi connectivity index (χ0n) is 9.05. The van der Waals surface area contributed by atoms with E-state index < -0.39 is 0 Å². The number of aromatic nitrogens is 3. The van der Waals surface area contributed by atoms with Gasteiger partial charge in [0.1, 0.15) is 6.33 Å². The van der Waals surface area contributed by atoms with Gasteiger partial charge >= 0.3 is 0 Å². The summed E-state index contributed by atoms with van der Waals surface area (Å²) in [5.74, 6) is 0.463. The van der Waals surface area contributed by atoms with E-state index in [1.165, 1.54) is 0 Å². The molecule has 84 valence electrons. The van der Waals surface area contributed by atoms with Gasteiger partial charge in [0.2, 0.25) is 0 Å². The highest BCUT2D eigenvalue weighted by Gasteiger charge is 2.07. The molecule has 4 heteroatoms. The highest BCUT2D eigenvalue weighted by Crippen LogP contribution is 2.21. The topological polar surface area (TPSA) is 30.7 Å². The number of benzene rings is 1. The summed E-state index contributed by atoms with van der Waals surface area (Å²) in [4.78, 5) is 8.51. The third kappa shape index (κ3) is 1.68. The van der Waals surface area contributed by atoms with Crippen LogP contribution in [0.3, 0.4) is 0 Å². The van der Waals surface area contributed by atoms with Gasteiger partial charge in [-0.2, -0.15) is 0 Å². The smallest absolute Gasteiger partial charge is 0.100 e. The Morgan fingerprint density at radius 3 is 2.94 bits per heavy atom. The molecule has 0 atom stereocenters. The maximum Gasteiger partial charge on any atom is 0.100 e. The van der Waals surface area contributed by atoms with E-state index in [0.717, 1.165) is 22.3 Å². The van der Waals surface area contributed by atoms with Crippen LogP contribution in [0, 0.1) is 0 Å². The molecule has 0 unspecified atom stereocenters. The van der Waals surface area contributed by atoms with Gasteiger partial charge in [0.05, 0.1) is 22.9 Å². The van der Waals surface area contributed by atoms with Gasteiger partial charge < -0.3 is 0 Å². The lowest BCUT2D eigenvalue weighted by molar-refractivity contribution is 1.04. The van der Waals surface area contributed by atoms with Crippen LogP contribution in [0.2, 0.25) is 0 Å². The Morgan fingerprint density at radius 2 is 2.06 bits per heavy atom. The second-order valence-electron chi connectivity index (χ2n) is 3.74. The Labute approximate surface area is 104 Å². The summed E-state index contributed by atoms with van der Waals surface area (Å²) >= 11 is 5.94. The fourth-order valence-electron chi connectivity index (χ4n) is 1.90. The lowest BCUT2D eigenvalue weighted by Crippen LogP contribution is -1.97. The summed E-state index contributed by atoms with van der Waals surface area (Å²) in [5.41, 5.74) is 4.06.